The Bertz CT molecular complexity index is 948. The third-order valence-corrected chi connectivity index (χ3v) is 6.93. The van der Waals surface area contributed by atoms with Gasteiger partial charge in [-0.3, -0.25) is 4.79 Å². The van der Waals surface area contributed by atoms with Crippen LogP contribution in [-0.4, -0.2) is 31.7 Å². The van der Waals surface area contributed by atoms with E-state index in [-0.39, 0.29) is 16.8 Å². The number of amides is 1. The van der Waals surface area contributed by atoms with Crippen LogP contribution in [0.4, 0.5) is 0 Å². The first-order valence-corrected chi connectivity index (χ1v) is 10.7. The number of rotatable bonds is 5. The Labute approximate surface area is 161 Å². The fourth-order valence-corrected chi connectivity index (χ4v) is 5.11. The lowest BCUT2D eigenvalue weighted by molar-refractivity contribution is 0.0939. The van der Waals surface area contributed by atoms with Crippen molar-refractivity contribution in [2.24, 2.45) is 0 Å². The molecule has 2 aromatic rings. The molecule has 144 valence electrons. The fraction of sp³-hybridized carbons (Fsp3) is 0.381. The molecule has 2 aromatic carbocycles. The van der Waals surface area contributed by atoms with Crippen LogP contribution in [0.2, 0.25) is 0 Å². The summed E-state index contributed by atoms with van der Waals surface area (Å²) in [5, 5.41) is 2.97. The van der Waals surface area contributed by atoms with E-state index in [1.807, 2.05) is 32.9 Å². The highest BCUT2D eigenvalue weighted by molar-refractivity contribution is 7.89. The molecule has 1 N–H and O–H groups in total. The van der Waals surface area contributed by atoms with Crippen LogP contribution in [0.3, 0.4) is 0 Å². The maximum atomic E-state index is 12.7. The first kappa shape index (κ1) is 19.6. The highest BCUT2D eigenvalue weighted by Gasteiger charge is 2.27. The number of nitrogens with one attached hydrogen (secondary N) is 1. The Morgan fingerprint density at radius 2 is 1.78 bits per heavy atom. The first-order chi connectivity index (χ1) is 12.8. The topological polar surface area (TPSA) is 66.5 Å². The largest absolute Gasteiger partial charge is 0.346 e. The molecule has 27 heavy (non-hydrogen) atoms. The van der Waals surface area contributed by atoms with E-state index < -0.39 is 10.0 Å². The average Bonchev–Trinajstić information content (AvgIpc) is 3.17. The summed E-state index contributed by atoms with van der Waals surface area (Å²) in [4.78, 5) is 12.9. The molecule has 1 saturated heterocycles. The molecule has 1 amide bonds. The zero-order valence-corrected chi connectivity index (χ0v) is 16.8. The molecule has 0 radical (unpaired) electrons. The van der Waals surface area contributed by atoms with Gasteiger partial charge in [0.15, 0.2) is 0 Å². The second kappa shape index (κ2) is 7.82. The quantitative estimate of drug-likeness (QED) is 0.854. The van der Waals surface area contributed by atoms with Crippen molar-refractivity contribution < 1.29 is 13.2 Å². The molecule has 3 rings (SSSR count). The maximum Gasteiger partial charge on any atom is 0.251 e. The van der Waals surface area contributed by atoms with Gasteiger partial charge in [0, 0.05) is 18.7 Å². The van der Waals surface area contributed by atoms with E-state index in [9.17, 15) is 13.2 Å². The molecule has 0 bridgehead atoms. The molecule has 0 aromatic heterocycles. The van der Waals surface area contributed by atoms with Crippen molar-refractivity contribution in [2.45, 2.75) is 44.6 Å². The van der Waals surface area contributed by atoms with E-state index in [0.717, 1.165) is 24.0 Å². The molecule has 1 heterocycles. The number of carbonyl (C=O) groups excluding carboxylic acids is 1. The number of nitrogens with zero attached hydrogens (tertiary/aromatic N) is 1. The van der Waals surface area contributed by atoms with Crippen molar-refractivity contribution >= 4 is 15.9 Å². The van der Waals surface area contributed by atoms with Crippen LogP contribution >= 0.6 is 0 Å². The van der Waals surface area contributed by atoms with E-state index in [0.29, 0.717) is 18.7 Å². The van der Waals surface area contributed by atoms with Crippen LogP contribution in [0.25, 0.3) is 0 Å². The fourth-order valence-electron chi connectivity index (χ4n) is 3.54. The number of sulfonamides is 1. The van der Waals surface area contributed by atoms with Gasteiger partial charge in [-0.2, -0.15) is 4.31 Å². The maximum absolute atomic E-state index is 12.7. The molecule has 0 saturated carbocycles. The zero-order valence-electron chi connectivity index (χ0n) is 16.0. The van der Waals surface area contributed by atoms with Crippen molar-refractivity contribution in [3.63, 3.8) is 0 Å². The summed E-state index contributed by atoms with van der Waals surface area (Å²) in [6.45, 7) is 7.08. The Kier molecular flexibility index (Phi) is 5.67. The van der Waals surface area contributed by atoms with Gasteiger partial charge in [0.1, 0.15) is 0 Å². The van der Waals surface area contributed by atoms with Crippen molar-refractivity contribution in [1.29, 1.82) is 0 Å². The van der Waals surface area contributed by atoms with Crippen molar-refractivity contribution in [3.05, 3.63) is 64.7 Å². The number of hydrogen-bond donors (Lipinski definition) is 1. The predicted octanol–water partition coefficient (Wildman–Crippen LogP) is 3.58. The Morgan fingerprint density at radius 3 is 2.44 bits per heavy atom. The summed E-state index contributed by atoms with van der Waals surface area (Å²) in [7, 11) is -3.53. The SMILES string of the molecule is Cc1ccc(C(C)NC(=O)c2cccc(S(=O)(=O)N3CCCC3)c2)c(C)c1. The normalized spacial score (nSPS) is 16.3. The summed E-state index contributed by atoms with van der Waals surface area (Å²) in [6.07, 6.45) is 1.76. The lowest BCUT2D eigenvalue weighted by Gasteiger charge is -2.18. The molecule has 6 heteroatoms. The van der Waals surface area contributed by atoms with Gasteiger partial charge in [-0.05, 0) is 62.9 Å². The smallest absolute Gasteiger partial charge is 0.251 e. The van der Waals surface area contributed by atoms with E-state index in [1.54, 1.807) is 18.2 Å². The van der Waals surface area contributed by atoms with Gasteiger partial charge >= 0.3 is 0 Å². The first-order valence-electron chi connectivity index (χ1n) is 9.27. The van der Waals surface area contributed by atoms with E-state index in [2.05, 4.69) is 11.4 Å². The molecule has 1 aliphatic heterocycles. The molecular weight excluding hydrogens is 360 g/mol. The Hall–Kier alpha value is -2.18. The van der Waals surface area contributed by atoms with Gasteiger partial charge < -0.3 is 5.32 Å². The summed E-state index contributed by atoms with van der Waals surface area (Å²) in [6, 6.07) is 12.2. The van der Waals surface area contributed by atoms with E-state index in [4.69, 9.17) is 0 Å². The Balaban J connectivity index is 1.79. The van der Waals surface area contributed by atoms with E-state index in [1.165, 1.54) is 15.9 Å². The second-order valence-electron chi connectivity index (χ2n) is 7.19. The number of aryl methyl sites for hydroxylation is 2. The van der Waals surface area contributed by atoms with Crippen LogP contribution in [0, 0.1) is 13.8 Å². The third kappa shape index (κ3) is 4.22. The lowest BCUT2D eigenvalue weighted by Crippen LogP contribution is -2.29. The van der Waals surface area contributed by atoms with Gasteiger partial charge in [0.05, 0.1) is 10.9 Å². The molecule has 5 nitrogen and oxygen atoms in total. The van der Waals surface area contributed by atoms with Crippen LogP contribution < -0.4 is 5.32 Å². The molecule has 1 atom stereocenters. The van der Waals surface area contributed by atoms with Gasteiger partial charge in [-0.25, -0.2) is 8.42 Å². The van der Waals surface area contributed by atoms with Gasteiger partial charge in [-0.15, -0.1) is 0 Å². The van der Waals surface area contributed by atoms with Gasteiger partial charge in [0.2, 0.25) is 10.0 Å². The van der Waals surface area contributed by atoms with Crippen molar-refractivity contribution in [3.8, 4) is 0 Å². The zero-order chi connectivity index (χ0) is 19.6. The summed E-state index contributed by atoms with van der Waals surface area (Å²) < 4.78 is 26.9. The number of carbonyl (C=O) groups is 1. The van der Waals surface area contributed by atoms with Gasteiger partial charge in [-0.1, -0.05) is 29.8 Å². The summed E-state index contributed by atoms with van der Waals surface area (Å²) >= 11 is 0. The van der Waals surface area contributed by atoms with Crippen LogP contribution in [0.1, 0.15) is 52.9 Å². The van der Waals surface area contributed by atoms with Crippen LogP contribution in [-0.2, 0) is 10.0 Å². The molecule has 1 aliphatic rings. The molecule has 1 unspecified atom stereocenters. The second-order valence-corrected chi connectivity index (χ2v) is 9.13. The standard InChI is InChI=1S/C21H26N2O3S/c1-15-9-10-20(16(2)13-15)17(3)22-21(24)18-7-6-8-19(14-18)27(25,26)23-11-4-5-12-23/h6-10,13-14,17H,4-5,11-12H2,1-3H3,(H,22,24). The minimum atomic E-state index is -3.53. The number of hydrogen-bond acceptors (Lipinski definition) is 3. The molecule has 1 fully saturated rings. The minimum Gasteiger partial charge on any atom is -0.346 e. The summed E-state index contributed by atoms with van der Waals surface area (Å²) in [5.41, 5.74) is 3.70. The van der Waals surface area contributed by atoms with Crippen molar-refractivity contribution in [2.75, 3.05) is 13.1 Å². The van der Waals surface area contributed by atoms with Crippen LogP contribution in [0.15, 0.2) is 47.4 Å². The monoisotopic (exact) mass is 386 g/mol. The minimum absolute atomic E-state index is 0.169. The van der Waals surface area contributed by atoms with E-state index >= 15 is 0 Å². The molecule has 0 aliphatic carbocycles. The average molecular weight is 387 g/mol. The number of benzene rings is 2. The lowest BCUT2D eigenvalue weighted by atomic mass is 10.00. The Morgan fingerprint density at radius 1 is 1.07 bits per heavy atom. The predicted molar refractivity (Wildman–Crippen MR) is 106 cm³/mol. The third-order valence-electron chi connectivity index (χ3n) is 5.04. The highest BCUT2D eigenvalue weighted by atomic mass is 32.2. The molecule has 0 spiro atoms. The summed E-state index contributed by atoms with van der Waals surface area (Å²) in [5.74, 6) is -0.277. The van der Waals surface area contributed by atoms with Crippen molar-refractivity contribution in [1.82, 2.24) is 9.62 Å². The van der Waals surface area contributed by atoms with Gasteiger partial charge in [0.25, 0.3) is 5.91 Å². The molecular formula is C21H26N2O3S. The van der Waals surface area contributed by atoms with Crippen LogP contribution in [0.5, 0.6) is 0 Å². The highest BCUT2D eigenvalue weighted by Crippen LogP contribution is 2.23.